The molecule has 2 heterocycles. The standard InChI is InChI=1S/C11H11F3N4O2S/c12-11(13,14)10-2-1-7(5-17-10)18-21(19,20)9-3-8(4-15)16-6-9/h1-3,5-6,16,18H,4,15H2. The fourth-order valence-corrected chi connectivity index (χ4v) is 2.59. The molecule has 0 saturated heterocycles. The molecular formula is C11H11F3N4O2S. The van der Waals surface area contributed by atoms with Gasteiger partial charge in [0, 0.05) is 18.4 Å². The number of anilines is 1. The van der Waals surface area contributed by atoms with Crippen LogP contribution in [0.25, 0.3) is 0 Å². The molecule has 2 aromatic heterocycles. The van der Waals surface area contributed by atoms with Crippen LogP contribution in [0, 0.1) is 0 Å². The highest BCUT2D eigenvalue weighted by Gasteiger charge is 2.32. The molecule has 0 aliphatic carbocycles. The van der Waals surface area contributed by atoms with Gasteiger partial charge in [-0.15, -0.1) is 0 Å². The number of nitrogens with two attached hydrogens (primary N) is 1. The Balaban J connectivity index is 2.21. The first-order chi connectivity index (χ1) is 9.72. The molecule has 0 spiro atoms. The fourth-order valence-electron chi connectivity index (χ4n) is 1.53. The van der Waals surface area contributed by atoms with Gasteiger partial charge in [0.25, 0.3) is 10.0 Å². The molecule has 2 rings (SSSR count). The van der Waals surface area contributed by atoms with E-state index in [-0.39, 0.29) is 17.1 Å². The summed E-state index contributed by atoms with van der Waals surface area (Å²) in [6.45, 7) is 0.136. The maximum atomic E-state index is 12.3. The van der Waals surface area contributed by atoms with Crippen LogP contribution < -0.4 is 10.5 Å². The lowest BCUT2D eigenvalue weighted by Gasteiger charge is -2.08. The second-order valence-corrected chi connectivity index (χ2v) is 5.78. The maximum Gasteiger partial charge on any atom is 0.433 e. The number of H-pyrrole nitrogens is 1. The zero-order valence-corrected chi connectivity index (χ0v) is 11.3. The third kappa shape index (κ3) is 3.52. The van der Waals surface area contributed by atoms with Gasteiger partial charge < -0.3 is 10.7 Å². The van der Waals surface area contributed by atoms with Gasteiger partial charge in [0.15, 0.2) is 0 Å². The van der Waals surface area contributed by atoms with Crippen molar-refractivity contribution in [3.05, 3.63) is 42.0 Å². The van der Waals surface area contributed by atoms with Gasteiger partial charge in [0.2, 0.25) is 0 Å². The molecule has 2 aromatic rings. The largest absolute Gasteiger partial charge is 0.433 e. The van der Waals surface area contributed by atoms with Crippen LogP contribution in [0.5, 0.6) is 0 Å². The zero-order valence-electron chi connectivity index (χ0n) is 10.5. The van der Waals surface area contributed by atoms with Gasteiger partial charge in [-0.05, 0) is 18.2 Å². The highest BCUT2D eigenvalue weighted by molar-refractivity contribution is 7.92. The fraction of sp³-hybridized carbons (Fsp3) is 0.182. The predicted molar refractivity (Wildman–Crippen MR) is 68.7 cm³/mol. The number of rotatable bonds is 4. The Morgan fingerprint density at radius 1 is 1.33 bits per heavy atom. The number of nitrogens with zero attached hydrogens (tertiary/aromatic N) is 1. The number of pyridine rings is 1. The summed E-state index contributed by atoms with van der Waals surface area (Å²) >= 11 is 0. The minimum absolute atomic E-state index is 0.0668. The normalized spacial score (nSPS) is 12.4. The molecule has 0 aromatic carbocycles. The summed E-state index contributed by atoms with van der Waals surface area (Å²) in [5.41, 5.74) is 4.70. The molecule has 21 heavy (non-hydrogen) atoms. The second kappa shape index (κ2) is 5.37. The van der Waals surface area contributed by atoms with Gasteiger partial charge in [-0.3, -0.25) is 4.72 Å². The number of nitrogens with one attached hydrogen (secondary N) is 2. The number of alkyl halides is 3. The molecule has 0 radical (unpaired) electrons. The van der Waals surface area contributed by atoms with Crippen molar-refractivity contribution in [2.24, 2.45) is 5.73 Å². The Labute approximate surface area is 118 Å². The first-order valence-corrected chi connectivity index (χ1v) is 7.14. The van der Waals surface area contributed by atoms with E-state index in [1.807, 2.05) is 0 Å². The van der Waals surface area contributed by atoms with Crippen molar-refractivity contribution in [2.45, 2.75) is 17.6 Å². The van der Waals surface area contributed by atoms with E-state index in [2.05, 4.69) is 14.7 Å². The molecule has 4 N–H and O–H groups in total. The third-order valence-corrected chi connectivity index (χ3v) is 3.91. The van der Waals surface area contributed by atoms with Crippen LogP contribution in [0.2, 0.25) is 0 Å². The minimum Gasteiger partial charge on any atom is -0.363 e. The van der Waals surface area contributed by atoms with E-state index in [1.54, 1.807) is 0 Å². The average molecular weight is 320 g/mol. The van der Waals surface area contributed by atoms with E-state index in [9.17, 15) is 21.6 Å². The molecule has 0 fully saturated rings. The SMILES string of the molecule is NCc1cc(S(=O)(=O)Nc2ccc(C(F)(F)F)nc2)c[nH]1. The van der Waals surface area contributed by atoms with E-state index in [0.29, 0.717) is 11.8 Å². The molecule has 0 amide bonds. The number of aromatic amines is 1. The molecule has 0 saturated carbocycles. The van der Waals surface area contributed by atoms with Crippen LogP contribution in [0.4, 0.5) is 18.9 Å². The van der Waals surface area contributed by atoms with Gasteiger partial charge in [-0.2, -0.15) is 13.2 Å². The first-order valence-electron chi connectivity index (χ1n) is 5.66. The Morgan fingerprint density at radius 2 is 2.05 bits per heavy atom. The summed E-state index contributed by atoms with van der Waals surface area (Å²) in [4.78, 5) is 5.77. The van der Waals surface area contributed by atoms with Crippen molar-refractivity contribution in [1.82, 2.24) is 9.97 Å². The lowest BCUT2D eigenvalue weighted by Crippen LogP contribution is -2.13. The Hall–Kier alpha value is -2.07. The second-order valence-electron chi connectivity index (χ2n) is 4.10. The van der Waals surface area contributed by atoms with E-state index in [1.165, 1.54) is 12.3 Å². The van der Waals surface area contributed by atoms with Crippen LogP contribution in [0.3, 0.4) is 0 Å². The van der Waals surface area contributed by atoms with E-state index in [0.717, 1.165) is 12.3 Å². The first kappa shape index (κ1) is 15.3. The molecule has 0 aliphatic rings. The van der Waals surface area contributed by atoms with Crippen LogP contribution in [0.15, 0.2) is 35.5 Å². The van der Waals surface area contributed by atoms with E-state index >= 15 is 0 Å². The molecule has 10 heteroatoms. The summed E-state index contributed by atoms with van der Waals surface area (Å²) in [6, 6.07) is 3.02. The van der Waals surface area contributed by atoms with Crippen molar-refractivity contribution in [3.63, 3.8) is 0 Å². The predicted octanol–water partition coefficient (Wildman–Crippen LogP) is 1.69. The third-order valence-electron chi connectivity index (χ3n) is 2.55. The summed E-state index contributed by atoms with van der Waals surface area (Å²) < 4.78 is 63.2. The van der Waals surface area contributed by atoms with Crippen molar-refractivity contribution in [3.8, 4) is 0 Å². The quantitative estimate of drug-likeness (QED) is 0.798. The van der Waals surface area contributed by atoms with Gasteiger partial charge in [0.1, 0.15) is 10.6 Å². The Bertz CT molecular complexity index is 723. The summed E-state index contributed by atoms with van der Waals surface area (Å²) in [5.74, 6) is 0. The topological polar surface area (TPSA) is 101 Å². The van der Waals surface area contributed by atoms with Gasteiger partial charge in [-0.1, -0.05) is 0 Å². The molecule has 6 nitrogen and oxygen atoms in total. The lowest BCUT2D eigenvalue weighted by molar-refractivity contribution is -0.141. The van der Waals surface area contributed by atoms with Gasteiger partial charge >= 0.3 is 6.18 Å². The lowest BCUT2D eigenvalue weighted by atomic mass is 10.3. The monoisotopic (exact) mass is 320 g/mol. The molecule has 0 atom stereocenters. The maximum absolute atomic E-state index is 12.3. The van der Waals surface area contributed by atoms with Crippen molar-refractivity contribution < 1.29 is 21.6 Å². The molecular weight excluding hydrogens is 309 g/mol. The van der Waals surface area contributed by atoms with E-state index in [4.69, 9.17) is 5.73 Å². The summed E-state index contributed by atoms with van der Waals surface area (Å²) in [5, 5.41) is 0. The zero-order chi connectivity index (χ0) is 15.7. The number of sulfonamides is 1. The van der Waals surface area contributed by atoms with Crippen LogP contribution in [0.1, 0.15) is 11.4 Å². The van der Waals surface area contributed by atoms with Gasteiger partial charge in [-0.25, -0.2) is 13.4 Å². The van der Waals surface area contributed by atoms with Crippen LogP contribution in [-0.2, 0) is 22.7 Å². The Morgan fingerprint density at radius 3 is 2.52 bits per heavy atom. The number of halogens is 3. The number of hydrogen-bond donors (Lipinski definition) is 3. The smallest absolute Gasteiger partial charge is 0.363 e. The van der Waals surface area contributed by atoms with E-state index < -0.39 is 21.9 Å². The summed E-state index contributed by atoms with van der Waals surface area (Å²) in [6.07, 6.45) is -2.53. The number of hydrogen-bond acceptors (Lipinski definition) is 4. The van der Waals surface area contributed by atoms with Crippen molar-refractivity contribution in [1.29, 1.82) is 0 Å². The molecule has 0 unspecified atom stereocenters. The van der Waals surface area contributed by atoms with Crippen LogP contribution >= 0.6 is 0 Å². The molecule has 0 bridgehead atoms. The average Bonchev–Trinajstić information content (AvgIpc) is 2.87. The van der Waals surface area contributed by atoms with Crippen molar-refractivity contribution >= 4 is 15.7 Å². The molecule has 114 valence electrons. The summed E-state index contributed by atoms with van der Waals surface area (Å²) in [7, 11) is -3.91. The van der Waals surface area contributed by atoms with Crippen LogP contribution in [-0.4, -0.2) is 18.4 Å². The highest BCUT2D eigenvalue weighted by atomic mass is 32.2. The van der Waals surface area contributed by atoms with Gasteiger partial charge in [0.05, 0.1) is 11.9 Å². The highest BCUT2D eigenvalue weighted by Crippen LogP contribution is 2.28. The van der Waals surface area contributed by atoms with Crippen molar-refractivity contribution in [2.75, 3.05) is 4.72 Å². The minimum atomic E-state index is -4.58. The number of aromatic nitrogens is 2. The Kier molecular flexibility index (Phi) is 3.92. The molecule has 0 aliphatic heterocycles.